The van der Waals surface area contributed by atoms with Crippen LogP contribution in [0.3, 0.4) is 0 Å². The summed E-state index contributed by atoms with van der Waals surface area (Å²) in [7, 11) is -2.20. The molecule has 0 aliphatic heterocycles. The summed E-state index contributed by atoms with van der Waals surface area (Å²) < 4.78 is 0. The largest absolute Gasteiger partial charge is 0.432 e. The highest BCUT2D eigenvalue weighted by Crippen LogP contribution is 2.43. The second kappa shape index (κ2) is 6.55. The van der Waals surface area contributed by atoms with E-state index in [4.69, 9.17) is 5.11 Å². The van der Waals surface area contributed by atoms with E-state index in [1.807, 2.05) is 26.9 Å². The number of carbonyl (C=O) groups is 1. The summed E-state index contributed by atoms with van der Waals surface area (Å²) in [6, 6.07) is 0. The van der Waals surface area contributed by atoms with Crippen molar-refractivity contribution < 1.29 is 14.7 Å². The Morgan fingerprint density at radius 1 is 1.17 bits per heavy atom. The molecule has 0 bridgehead atoms. The first kappa shape index (κ1) is 18.2. The zero-order valence-electron chi connectivity index (χ0n) is 12.5. The first-order valence-electron chi connectivity index (χ1n) is 6.44. The third-order valence-electron chi connectivity index (χ3n) is 3.91. The van der Waals surface area contributed by atoms with E-state index in [2.05, 4.69) is 13.8 Å². The van der Waals surface area contributed by atoms with Crippen LogP contribution in [0.15, 0.2) is 0 Å². The van der Waals surface area contributed by atoms with Gasteiger partial charge in [0.25, 0.3) is 0 Å². The lowest BCUT2D eigenvalue weighted by Gasteiger charge is -2.37. The summed E-state index contributed by atoms with van der Waals surface area (Å²) in [5, 5.41) is 8.78. The number of hydrogen-bond acceptors (Lipinski definition) is 4. The van der Waals surface area contributed by atoms with Crippen LogP contribution in [0.25, 0.3) is 0 Å². The average molecular weight is 293 g/mol. The summed E-state index contributed by atoms with van der Waals surface area (Å²) in [6.45, 7) is 12.0. The molecule has 0 spiro atoms. The number of thioether (sulfide) groups is 1. The molecule has 3 nitrogen and oxygen atoms in total. The Bertz CT molecular complexity index is 282. The van der Waals surface area contributed by atoms with Crippen LogP contribution in [-0.2, 0) is 4.79 Å². The van der Waals surface area contributed by atoms with Crippen molar-refractivity contribution in [2.24, 2.45) is 5.41 Å². The smallest absolute Gasteiger partial charge is 0.194 e. The summed E-state index contributed by atoms with van der Waals surface area (Å²) >= 11 is 1.20. The Morgan fingerprint density at radius 2 is 1.67 bits per heavy atom. The molecular formula is C13H28O3SSi. The molecule has 0 aliphatic carbocycles. The van der Waals surface area contributed by atoms with Gasteiger partial charge in [0.15, 0.2) is 13.4 Å². The van der Waals surface area contributed by atoms with Gasteiger partial charge in [-0.1, -0.05) is 39.5 Å². The maximum atomic E-state index is 12.0. The summed E-state index contributed by atoms with van der Waals surface area (Å²) in [4.78, 5) is 22.2. The highest BCUT2D eigenvalue weighted by atomic mass is 32.2. The molecule has 0 fully saturated rings. The average Bonchev–Trinajstić information content (AvgIpc) is 2.21. The second-order valence-corrected chi connectivity index (χ2v) is 12.2. The monoisotopic (exact) mass is 292 g/mol. The number of hydrogen-bond donors (Lipinski definition) is 2. The second-order valence-electron chi connectivity index (χ2n) is 6.69. The van der Waals surface area contributed by atoms with Crippen molar-refractivity contribution in [1.29, 1.82) is 0 Å². The Labute approximate surface area is 116 Å². The molecule has 0 aliphatic rings. The summed E-state index contributed by atoms with van der Waals surface area (Å²) in [5.74, 6) is 0.464. The molecular weight excluding hydrogens is 264 g/mol. The van der Waals surface area contributed by atoms with E-state index in [0.717, 1.165) is 12.8 Å². The van der Waals surface area contributed by atoms with Gasteiger partial charge in [-0.2, -0.15) is 0 Å². The zero-order chi connectivity index (χ0) is 14.6. The fraction of sp³-hybridized carbons (Fsp3) is 0.923. The van der Waals surface area contributed by atoms with Gasteiger partial charge >= 0.3 is 0 Å². The van der Waals surface area contributed by atoms with Crippen LogP contribution in [0.2, 0.25) is 18.1 Å². The molecule has 0 saturated heterocycles. The van der Waals surface area contributed by atoms with Gasteiger partial charge in [0, 0.05) is 11.2 Å². The Balaban J connectivity index is 4.47. The van der Waals surface area contributed by atoms with Gasteiger partial charge in [0.2, 0.25) is 0 Å². The van der Waals surface area contributed by atoms with Crippen molar-refractivity contribution >= 4 is 25.2 Å². The van der Waals surface area contributed by atoms with Gasteiger partial charge < -0.3 is 9.90 Å². The predicted octanol–water partition coefficient (Wildman–Crippen LogP) is 3.02. The highest BCUT2D eigenvalue weighted by molar-refractivity contribution is 8.13. The molecule has 2 N–H and O–H groups in total. The van der Waals surface area contributed by atoms with Crippen LogP contribution in [0.4, 0.5) is 0 Å². The minimum absolute atomic E-state index is 0.0363. The third-order valence-corrected chi connectivity index (χ3v) is 8.67. The quantitative estimate of drug-likeness (QED) is 0.708. The summed E-state index contributed by atoms with van der Waals surface area (Å²) in [6.07, 6.45) is 1.62. The molecule has 5 heteroatoms. The number of carbonyl (C=O) groups excluding carboxylic acids is 1. The Kier molecular flexibility index (Phi) is 6.60. The number of rotatable bonds is 7. The van der Waals surface area contributed by atoms with Gasteiger partial charge in [-0.15, -0.1) is 0 Å². The molecule has 0 aromatic rings. The molecule has 0 aromatic heterocycles. The molecule has 108 valence electrons. The molecule has 0 saturated carbocycles. The van der Waals surface area contributed by atoms with Crippen LogP contribution in [-0.4, -0.2) is 35.7 Å². The van der Waals surface area contributed by atoms with Crippen molar-refractivity contribution in [2.45, 2.75) is 58.7 Å². The van der Waals surface area contributed by atoms with Crippen LogP contribution in [0.5, 0.6) is 0 Å². The first-order chi connectivity index (χ1) is 7.94. The first-order valence-corrected chi connectivity index (χ1v) is 10.4. The van der Waals surface area contributed by atoms with E-state index in [1.54, 1.807) is 0 Å². The van der Waals surface area contributed by atoms with Crippen molar-refractivity contribution in [3.63, 3.8) is 0 Å². The predicted molar refractivity (Wildman–Crippen MR) is 81.3 cm³/mol. The molecule has 0 rings (SSSR count). The molecule has 18 heavy (non-hydrogen) atoms. The van der Waals surface area contributed by atoms with E-state index in [-0.39, 0.29) is 16.8 Å². The minimum atomic E-state index is -2.20. The third kappa shape index (κ3) is 5.43. The summed E-state index contributed by atoms with van der Waals surface area (Å²) in [5.41, 5.74) is -0.392. The van der Waals surface area contributed by atoms with E-state index in [1.165, 1.54) is 11.8 Å². The molecule has 0 unspecified atom stereocenters. The normalized spacial score (nSPS) is 13.8. The van der Waals surface area contributed by atoms with Gasteiger partial charge in [-0.3, -0.25) is 4.79 Å². The fourth-order valence-corrected chi connectivity index (χ4v) is 2.87. The maximum Gasteiger partial charge on any atom is 0.194 e. The maximum absolute atomic E-state index is 12.0. The van der Waals surface area contributed by atoms with Crippen molar-refractivity contribution in [1.82, 2.24) is 0 Å². The van der Waals surface area contributed by atoms with E-state index >= 15 is 0 Å². The lowest BCUT2D eigenvalue weighted by Crippen LogP contribution is -2.40. The number of aliphatic hydroxyl groups excluding tert-OH is 1. The van der Waals surface area contributed by atoms with Crippen LogP contribution < -0.4 is 0 Å². The van der Waals surface area contributed by atoms with Crippen molar-refractivity contribution in [3.8, 4) is 0 Å². The van der Waals surface area contributed by atoms with Crippen molar-refractivity contribution in [2.75, 3.05) is 12.4 Å². The molecule has 0 amide bonds. The number of aliphatic hydroxyl groups is 1. The van der Waals surface area contributed by atoms with Crippen LogP contribution >= 0.6 is 11.8 Å². The van der Waals surface area contributed by atoms with E-state index in [9.17, 15) is 9.59 Å². The lowest BCUT2D eigenvalue weighted by molar-refractivity contribution is -0.118. The van der Waals surface area contributed by atoms with Crippen LogP contribution in [0, 0.1) is 5.41 Å². The molecule has 0 radical (unpaired) electrons. The Morgan fingerprint density at radius 3 is 2.06 bits per heavy atom. The SMILES string of the molecule is CC(C)(CCC(C)(C)[Si](C)(C)O)C(=O)SCCO. The topological polar surface area (TPSA) is 57.5 Å². The Hall–Kier alpha value is 0.157. The van der Waals surface area contributed by atoms with Gasteiger partial charge in [-0.25, -0.2) is 0 Å². The standard InChI is InChI=1S/C13H28O3SSi/c1-12(2,11(15)17-10-9-14)7-8-13(3,4)18(5,6)16/h14,16H,7-10H2,1-6H3. The fourth-order valence-electron chi connectivity index (χ4n) is 1.37. The van der Waals surface area contributed by atoms with Crippen LogP contribution in [0.1, 0.15) is 40.5 Å². The minimum Gasteiger partial charge on any atom is -0.432 e. The molecule has 0 aromatic carbocycles. The zero-order valence-corrected chi connectivity index (χ0v) is 14.4. The molecule has 0 atom stereocenters. The highest BCUT2D eigenvalue weighted by Gasteiger charge is 2.40. The van der Waals surface area contributed by atoms with E-state index in [0.29, 0.717) is 5.75 Å². The lowest BCUT2D eigenvalue weighted by atomic mass is 9.86. The van der Waals surface area contributed by atoms with Crippen molar-refractivity contribution in [3.05, 3.63) is 0 Å². The van der Waals surface area contributed by atoms with Gasteiger partial charge in [-0.05, 0) is 31.0 Å². The van der Waals surface area contributed by atoms with E-state index < -0.39 is 13.7 Å². The van der Waals surface area contributed by atoms with Gasteiger partial charge in [0.1, 0.15) is 0 Å². The van der Waals surface area contributed by atoms with Gasteiger partial charge in [0.05, 0.1) is 6.61 Å². The molecule has 0 heterocycles.